The molecule has 35 heavy (non-hydrogen) atoms. The maximum absolute atomic E-state index is 13.2. The normalized spacial score (nSPS) is 19.6. The van der Waals surface area contributed by atoms with Crippen molar-refractivity contribution in [3.05, 3.63) is 82.0 Å². The zero-order valence-electron chi connectivity index (χ0n) is 20.4. The van der Waals surface area contributed by atoms with Crippen LogP contribution in [0.1, 0.15) is 31.0 Å². The maximum atomic E-state index is 13.2. The minimum Gasteiger partial charge on any atom is -0.463 e. The first-order valence-corrected chi connectivity index (χ1v) is 12.6. The molecule has 0 aliphatic carbocycles. The fourth-order valence-electron chi connectivity index (χ4n) is 4.75. The summed E-state index contributed by atoms with van der Waals surface area (Å²) in [6.45, 7) is 9.41. The highest BCUT2D eigenvalue weighted by molar-refractivity contribution is 6.30. The van der Waals surface area contributed by atoms with Gasteiger partial charge in [-0.15, -0.1) is 0 Å². The van der Waals surface area contributed by atoms with Gasteiger partial charge in [-0.3, -0.25) is 14.7 Å². The van der Waals surface area contributed by atoms with E-state index in [1.54, 1.807) is 24.0 Å². The number of carbonyl (C=O) groups excluding carboxylic acids is 2. The van der Waals surface area contributed by atoms with Crippen LogP contribution in [0.25, 0.3) is 0 Å². The molecule has 1 N–H and O–H groups in total. The highest BCUT2D eigenvalue weighted by Crippen LogP contribution is 2.33. The van der Waals surface area contributed by atoms with Crippen LogP contribution in [0.4, 0.5) is 4.79 Å². The number of likely N-dealkylation sites (N-methyl/N-ethyl adjacent to an activating group) is 1. The SMILES string of the molecule is CCOC(=O)C1=C(CN2CCN(Cc3ccccc3)CC2)N(CC)C(=O)NC1c1cccc(Cl)c1. The van der Waals surface area contributed by atoms with Crippen LogP contribution >= 0.6 is 11.6 Å². The number of hydrogen-bond acceptors (Lipinski definition) is 5. The molecule has 1 saturated heterocycles. The molecule has 1 atom stereocenters. The van der Waals surface area contributed by atoms with E-state index in [4.69, 9.17) is 16.3 Å². The third-order valence-corrected chi connectivity index (χ3v) is 6.75. The zero-order valence-corrected chi connectivity index (χ0v) is 21.1. The third kappa shape index (κ3) is 6.04. The van der Waals surface area contributed by atoms with Crippen LogP contribution in [-0.2, 0) is 16.1 Å². The number of nitrogens with zero attached hydrogens (tertiary/aromatic N) is 3. The van der Waals surface area contributed by atoms with Gasteiger partial charge in [0.2, 0.25) is 0 Å². The van der Waals surface area contributed by atoms with Gasteiger partial charge in [-0.25, -0.2) is 9.59 Å². The van der Waals surface area contributed by atoms with Gasteiger partial charge < -0.3 is 10.1 Å². The van der Waals surface area contributed by atoms with E-state index in [0.717, 1.165) is 38.3 Å². The molecule has 1 unspecified atom stereocenters. The van der Waals surface area contributed by atoms with Gasteiger partial charge in [0.05, 0.1) is 18.2 Å². The Morgan fingerprint density at radius 3 is 2.31 bits per heavy atom. The molecule has 2 aromatic carbocycles. The summed E-state index contributed by atoms with van der Waals surface area (Å²) < 4.78 is 5.46. The van der Waals surface area contributed by atoms with Crippen LogP contribution in [-0.4, -0.2) is 72.6 Å². The molecule has 2 amide bonds. The molecule has 0 bridgehead atoms. The zero-order chi connectivity index (χ0) is 24.8. The van der Waals surface area contributed by atoms with E-state index in [1.165, 1.54) is 5.56 Å². The van der Waals surface area contributed by atoms with Gasteiger partial charge in [0.25, 0.3) is 0 Å². The summed E-state index contributed by atoms with van der Waals surface area (Å²) >= 11 is 6.24. The summed E-state index contributed by atoms with van der Waals surface area (Å²) in [6.07, 6.45) is 0. The van der Waals surface area contributed by atoms with E-state index in [0.29, 0.717) is 29.4 Å². The number of carbonyl (C=O) groups is 2. The Morgan fingerprint density at radius 1 is 1.00 bits per heavy atom. The minimum absolute atomic E-state index is 0.219. The van der Waals surface area contributed by atoms with E-state index in [2.05, 4.69) is 39.4 Å². The van der Waals surface area contributed by atoms with Crippen molar-refractivity contribution in [2.75, 3.05) is 45.9 Å². The standard InChI is InChI=1S/C27H33ClN4O3/c1-3-32-23(19-31-15-13-30(14-16-31)18-20-9-6-5-7-10-20)24(26(33)35-4-2)25(29-27(32)34)21-11-8-12-22(28)17-21/h5-12,17,25H,3-4,13-16,18-19H2,1-2H3,(H,29,34). The number of amides is 2. The van der Waals surface area contributed by atoms with Crippen LogP contribution in [0, 0.1) is 0 Å². The van der Waals surface area contributed by atoms with E-state index >= 15 is 0 Å². The smallest absolute Gasteiger partial charge is 0.338 e. The summed E-state index contributed by atoms with van der Waals surface area (Å²) in [5.41, 5.74) is 3.24. The number of benzene rings is 2. The molecule has 2 heterocycles. The Labute approximate surface area is 212 Å². The molecular weight excluding hydrogens is 464 g/mol. The second-order valence-electron chi connectivity index (χ2n) is 8.80. The van der Waals surface area contributed by atoms with Crippen molar-refractivity contribution >= 4 is 23.6 Å². The number of nitrogens with one attached hydrogen (secondary N) is 1. The molecule has 0 spiro atoms. The number of ether oxygens (including phenoxy) is 1. The Kier molecular flexibility index (Phi) is 8.44. The molecule has 0 saturated carbocycles. The lowest BCUT2D eigenvalue weighted by Crippen LogP contribution is -2.53. The van der Waals surface area contributed by atoms with Crippen molar-refractivity contribution in [1.82, 2.24) is 20.0 Å². The highest BCUT2D eigenvalue weighted by Gasteiger charge is 2.38. The Morgan fingerprint density at radius 2 is 1.69 bits per heavy atom. The number of urea groups is 1. The largest absolute Gasteiger partial charge is 0.463 e. The highest BCUT2D eigenvalue weighted by atomic mass is 35.5. The number of esters is 1. The van der Waals surface area contributed by atoms with Gasteiger partial charge in [-0.1, -0.05) is 54.1 Å². The molecule has 8 heteroatoms. The Bertz CT molecular complexity index is 1070. The third-order valence-electron chi connectivity index (χ3n) is 6.52. The van der Waals surface area contributed by atoms with E-state index in [9.17, 15) is 9.59 Å². The summed E-state index contributed by atoms with van der Waals surface area (Å²) in [4.78, 5) is 32.7. The lowest BCUT2D eigenvalue weighted by molar-refractivity contribution is -0.139. The summed E-state index contributed by atoms with van der Waals surface area (Å²) in [6, 6.07) is 16.9. The minimum atomic E-state index is -0.614. The molecule has 1 fully saturated rings. The Balaban J connectivity index is 1.58. The molecular formula is C27H33ClN4O3. The predicted octanol–water partition coefficient (Wildman–Crippen LogP) is 4.06. The first-order valence-electron chi connectivity index (χ1n) is 12.2. The van der Waals surface area contributed by atoms with E-state index in [1.807, 2.05) is 25.1 Å². The maximum Gasteiger partial charge on any atom is 0.338 e. The van der Waals surface area contributed by atoms with Crippen LogP contribution in [0.15, 0.2) is 65.9 Å². The molecule has 0 aromatic heterocycles. The van der Waals surface area contributed by atoms with E-state index < -0.39 is 12.0 Å². The van der Waals surface area contributed by atoms with Crippen LogP contribution in [0.2, 0.25) is 5.02 Å². The topological polar surface area (TPSA) is 65.1 Å². The second kappa shape index (κ2) is 11.7. The van der Waals surface area contributed by atoms with Gasteiger partial charge in [-0.05, 0) is 37.1 Å². The van der Waals surface area contributed by atoms with Crippen molar-refractivity contribution < 1.29 is 14.3 Å². The van der Waals surface area contributed by atoms with Crippen molar-refractivity contribution in [1.29, 1.82) is 0 Å². The first kappa shape index (κ1) is 25.2. The number of halogens is 1. The molecule has 186 valence electrons. The molecule has 0 radical (unpaired) electrons. The summed E-state index contributed by atoms with van der Waals surface area (Å²) in [7, 11) is 0. The number of piperazine rings is 1. The van der Waals surface area contributed by atoms with Crippen LogP contribution < -0.4 is 5.32 Å². The van der Waals surface area contributed by atoms with Gasteiger partial charge in [0.1, 0.15) is 0 Å². The van der Waals surface area contributed by atoms with Gasteiger partial charge >= 0.3 is 12.0 Å². The molecule has 2 aromatic rings. The first-order chi connectivity index (χ1) is 17.0. The average molecular weight is 497 g/mol. The number of rotatable bonds is 8. The Hall–Kier alpha value is -2.87. The summed E-state index contributed by atoms with van der Waals surface area (Å²) in [5.74, 6) is -0.409. The van der Waals surface area contributed by atoms with E-state index in [-0.39, 0.29) is 12.6 Å². The van der Waals surface area contributed by atoms with Crippen LogP contribution in [0.5, 0.6) is 0 Å². The molecule has 2 aliphatic heterocycles. The van der Waals surface area contributed by atoms with Crippen molar-refractivity contribution in [2.45, 2.75) is 26.4 Å². The lowest BCUT2D eigenvalue weighted by atomic mass is 9.94. The second-order valence-corrected chi connectivity index (χ2v) is 9.24. The molecule has 2 aliphatic rings. The quantitative estimate of drug-likeness (QED) is 0.558. The monoisotopic (exact) mass is 496 g/mol. The lowest BCUT2D eigenvalue weighted by Gasteiger charge is -2.40. The van der Waals surface area contributed by atoms with Crippen molar-refractivity contribution in [2.24, 2.45) is 0 Å². The van der Waals surface area contributed by atoms with Crippen molar-refractivity contribution in [3.63, 3.8) is 0 Å². The summed E-state index contributed by atoms with van der Waals surface area (Å²) in [5, 5.41) is 3.54. The average Bonchev–Trinajstić information content (AvgIpc) is 2.86. The van der Waals surface area contributed by atoms with Gasteiger partial charge in [0.15, 0.2) is 0 Å². The number of hydrogen-bond donors (Lipinski definition) is 1. The van der Waals surface area contributed by atoms with Gasteiger partial charge in [-0.2, -0.15) is 0 Å². The predicted molar refractivity (Wildman–Crippen MR) is 137 cm³/mol. The molecule has 4 rings (SSSR count). The van der Waals surface area contributed by atoms with Crippen LogP contribution in [0.3, 0.4) is 0 Å². The van der Waals surface area contributed by atoms with Crippen molar-refractivity contribution in [3.8, 4) is 0 Å². The fourth-order valence-corrected chi connectivity index (χ4v) is 4.95. The fraction of sp³-hybridized carbons (Fsp3) is 0.407. The molecule has 7 nitrogen and oxygen atoms in total. The van der Waals surface area contributed by atoms with Gasteiger partial charge in [0, 0.05) is 56.5 Å².